The van der Waals surface area contributed by atoms with Crippen molar-refractivity contribution in [1.82, 2.24) is 10.3 Å². The minimum atomic E-state index is -0.277. The Hall–Kier alpha value is -1.78. The molecule has 1 aliphatic heterocycles. The number of hydrogen-bond donors (Lipinski definition) is 1. The minimum absolute atomic E-state index is 0.0000321. The first-order valence-corrected chi connectivity index (χ1v) is 7.25. The summed E-state index contributed by atoms with van der Waals surface area (Å²) in [7, 11) is 1.85. The molecule has 1 N–H and O–H groups in total. The highest BCUT2D eigenvalue weighted by molar-refractivity contribution is 5.31. The number of ether oxygens (including phenoxy) is 1. The van der Waals surface area contributed by atoms with Crippen molar-refractivity contribution in [2.24, 2.45) is 0 Å². The van der Waals surface area contributed by atoms with Crippen LogP contribution in [0.3, 0.4) is 0 Å². The second-order valence-corrected chi connectivity index (χ2v) is 5.28. The minimum Gasteiger partial charge on any atom is -0.373 e. The molecule has 2 atom stereocenters. The van der Waals surface area contributed by atoms with Gasteiger partial charge in [0, 0.05) is 17.8 Å². The van der Waals surface area contributed by atoms with Crippen molar-refractivity contribution >= 4 is 0 Å². The average Bonchev–Trinajstić information content (AvgIpc) is 2.53. The van der Waals surface area contributed by atoms with Crippen LogP contribution in [0.1, 0.15) is 35.3 Å². The summed E-state index contributed by atoms with van der Waals surface area (Å²) in [5.41, 5.74) is 3.19. The fraction of sp³-hybridized carbons (Fsp3) is 0.353. The largest absolute Gasteiger partial charge is 0.373 e. The number of fused-ring (bicyclic) bond motifs is 1. The van der Waals surface area contributed by atoms with Gasteiger partial charge in [-0.25, -0.2) is 4.39 Å². The van der Waals surface area contributed by atoms with Crippen LogP contribution < -0.4 is 5.32 Å². The van der Waals surface area contributed by atoms with E-state index >= 15 is 0 Å². The summed E-state index contributed by atoms with van der Waals surface area (Å²) in [5.74, 6) is -0.277. The van der Waals surface area contributed by atoms with E-state index in [0.717, 1.165) is 13.0 Å². The molecule has 1 aromatic heterocycles. The molecule has 3 nitrogen and oxygen atoms in total. The Morgan fingerprint density at radius 3 is 3.05 bits per heavy atom. The molecule has 110 valence electrons. The molecule has 0 radical (unpaired) electrons. The van der Waals surface area contributed by atoms with E-state index in [1.165, 1.54) is 17.3 Å². The van der Waals surface area contributed by atoms with E-state index in [9.17, 15) is 4.39 Å². The summed E-state index contributed by atoms with van der Waals surface area (Å²) in [6.07, 6.45) is 4.53. The summed E-state index contributed by atoms with van der Waals surface area (Å²) in [6, 6.07) is 9.97. The number of pyridine rings is 1. The maximum Gasteiger partial charge on any atom is 0.146 e. The maximum absolute atomic E-state index is 13.9. The third-order valence-corrected chi connectivity index (χ3v) is 4.07. The van der Waals surface area contributed by atoms with Gasteiger partial charge in [-0.2, -0.15) is 0 Å². The molecule has 2 unspecified atom stereocenters. The lowest BCUT2D eigenvalue weighted by Crippen LogP contribution is -2.24. The standard InChI is InChI=1S/C17H19FN2O/c1-19-16(14-6-8-20-11-15(14)18)10-17-13-5-3-2-4-12(13)7-9-21-17/h2-6,8,11,16-17,19H,7,9-10H2,1H3. The Labute approximate surface area is 124 Å². The zero-order valence-corrected chi connectivity index (χ0v) is 12.1. The van der Waals surface area contributed by atoms with E-state index in [0.29, 0.717) is 12.0 Å². The van der Waals surface area contributed by atoms with Gasteiger partial charge >= 0.3 is 0 Å². The molecule has 1 aromatic carbocycles. The van der Waals surface area contributed by atoms with Crippen LogP contribution >= 0.6 is 0 Å². The molecule has 2 heterocycles. The van der Waals surface area contributed by atoms with E-state index in [-0.39, 0.29) is 18.0 Å². The average molecular weight is 286 g/mol. The maximum atomic E-state index is 13.9. The summed E-state index contributed by atoms with van der Waals surface area (Å²) >= 11 is 0. The van der Waals surface area contributed by atoms with Crippen LogP contribution in [0.4, 0.5) is 4.39 Å². The first-order chi connectivity index (χ1) is 10.3. The quantitative estimate of drug-likeness (QED) is 0.937. The van der Waals surface area contributed by atoms with Crippen LogP contribution in [0.2, 0.25) is 0 Å². The molecule has 3 rings (SSSR count). The first-order valence-electron chi connectivity index (χ1n) is 7.25. The zero-order valence-electron chi connectivity index (χ0n) is 12.1. The topological polar surface area (TPSA) is 34.1 Å². The van der Waals surface area contributed by atoms with Crippen molar-refractivity contribution in [3.8, 4) is 0 Å². The van der Waals surface area contributed by atoms with Gasteiger partial charge in [0.1, 0.15) is 5.82 Å². The Bertz CT molecular complexity index is 617. The third-order valence-electron chi connectivity index (χ3n) is 4.07. The summed E-state index contributed by atoms with van der Waals surface area (Å²) < 4.78 is 19.9. The van der Waals surface area contributed by atoms with Gasteiger partial charge in [0.15, 0.2) is 0 Å². The van der Waals surface area contributed by atoms with E-state index in [2.05, 4.69) is 28.5 Å². The molecule has 0 aliphatic carbocycles. The predicted molar refractivity (Wildman–Crippen MR) is 79.5 cm³/mol. The van der Waals surface area contributed by atoms with Gasteiger partial charge in [-0.05, 0) is 37.1 Å². The van der Waals surface area contributed by atoms with Gasteiger partial charge in [0.25, 0.3) is 0 Å². The van der Waals surface area contributed by atoms with Crippen molar-refractivity contribution in [3.63, 3.8) is 0 Å². The van der Waals surface area contributed by atoms with Crippen molar-refractivity contribution in [1.29, 1.82) is 0 Å². The van der Waals surface area contributed by atoms with Crippen LogP contribution in [0.5, 0.6) is 0 Å². The molecular formula is C17H19FN2O. The first kappa shape index (κ1) is 14.2. The Morgan fingerprint density at radius 1 is 1.38 bits per heavy atom. The second-order valence-electron chi connectivity index (χ2n) is 5.28. The normalized spacial score (nSPS) is 19.0. The highest BCUT2D eigenvalue weighted by Gasteiger charge is 2.25. The molecule has 0 amide bonds. The smallest absolute Gasteiger partial charge is 0.146 e. The number of nitrogens with one attached hydrogen (secondary N) is 1. The summed E-state index contributed by atoms with van der Waals surface area (Å²) in [4.78, 5) is 3.81. The van der Waals surface area contributed by atoms with Crippen LogP contribution in [0, 0.1) is 5.82 Å². The Balaban J connectivity index is 1.84. The molecule has 2 aromatic rings. The number of hydrogen-bond acceptors (Lipinski definition) is 3. The van der Waals surface area contributed by atoms with Crippen molar-refractivity contribution in [2.45, 2.75) is 25.0 Å². The van der Waals surface area contributed by atoms with Gasteiger partial charge in [-0.3, -0.25) is 4.98 Å². The van der Waals surface area contributed by atoms with Gasteiger partial charge in [0.2, 0.25) is 0 Å². The molecule has 21 heavy (non-hydrogen) atoms. The molecular weight excluding hydrogens is 267 g/mol. The van der Waals surface area contributed by atoms with Gasteiger partial charge in [-0.15, -0.1) is 0 Å². The molecule has 0 fully saturated rings. The molecule has 1 aliphatic rings. The van der Waals surface area contributed by atoms with Crippen molar-refractivity contribution < 1.29 is 9.13 Å². The predicted octanol–water partition coefficient (Wildman–Crippen LogP) is 3.19. The Morgan fingerprint density at radius 2 is 2.24 bits per heavy atom. The number of halogens is 1. The third kappa shape index (κ3) is 2.96. The number of benzene rings is 1. The fourth-order valence-corrected chi connectivity index (χ4v) is 2.95. The lowest BCUT2D eigenvalue weighted by Gasteiger charge is -2.29. The van der Waals surface area contributed by atoms with Crippen LogP contribution in [-0.4, -0.2) is 18.6 Å². The summed E-state index contributed by atoms with van der Waals surface area (Å²) in [5, 5.41) is 3.19. The lowest BCUT2D eigenvalue weighted by atomic mass is 9.91. The fourth-order valence-electron chi connectivity index (χ4n) is 2.95. The molecule has 0 saturated carbocycles. The summed E-state index contributed by atoms with van der Waals surface area (Å²) in [6.45, 7) is 0.719. The monoisotopic (exact) mass is 286 g/mol. The van der Waals surface area contributed by atoms with Gasteiger partial charge in [-0.1, -0.05) is 24.3 Å². The van der Waals surface area contributed by atoms with Crippen LogP contribution in [0.25, 0.3) is 0 Å². The zero-order chi connectivity index (χ0) is 14.7. The van der Waals surface area contributed by atoms with E-state index in [1.807, 2.05) is 13.1 Å². The molecule has 0 spiro atoms. The SMILES string of the molecule is CNC(CC1OCCc2ccccc21)c1ccncc1F. The van der Waals surface area contributed by atoms with Crippen LogP contribution in [0.15, 0.2) is 42.7 Å². The molecule has 0 bridgehead atoms. The lowest BCUT2D eigenvalue weighted by molar-refractivity contribution is 0.0296. The Kier molecular flexibility index (Phi) is 4.27. The van der Waals surface area contributed by atoms with E-state index in [1.54, 1.807) is 12.3 Å². The highest BCUT2D eigenvalue weighted by atomic mass is 19.1. The number of aromatic nitrogens is 1. The van der Waals surface area contributed by atoms with Crippen molar-refractivity contribution in [3.05, 3.63) is 65.2 Å². The van der Waals surface area contributed by atoms with Crippen LogP contribution in [-0.2, 0) is 11.2 Å². The van der Waals surface area contributed by atoms with Crippen molar-refractivity contribution in [2.75, 3.05) is 13.7 Å². The van der Waals surface area contributed by atoms with E-state index in [4.69, 9.17) is 4.74 Å². The van der Waals surface area contributed by atoms with E-state index < -0.39 is 0 Å². The second kappa shape index (κ2) is 6.33. The van der Waals surface area contributed by atoms with Gasteiger partial charge < -0.3 is 10.1 Å². The van der Waals surface area contributed by atoms with Gasteiger partial charge in [0.05, 0.1) is 18.9 Å². The molecule has 4 heteroatoms. The molecule has 0 saturated heterocycles. The number of rotatable bonds is 4. The number of nitrogens with zero attached hydrogens (tertiary/aromatic N) is 1. The highest BCUT2D eigenvalue weighted by Crippen LogP contribution is 2.34.